The molecule has 0 saturated heterocycles. The number of anilines is 1. The molecule has 0 atom stereocenters. The van der Waals surface area contributed by atoms with Gasteiger partial charge in [-0.1, -0.05) is 0 Å². The van der Waals surface area contributed by atoms with Gasteiger partial charge in [0.2, 0.25) is 6.79 Å². The Labute approximate surface area is 151 Å². The van der Waals surface area contributed by atoms with Crippen LogP contribution in [0.2, 0.25) is 0 Å². The number of carbonyl (C=O) groups excluding carboxylic acids is 1. The fraction of sp³-hybridized carbons (Fsp3) is 0.111. The number of nitrogens with zero attached hydrogens (tertiary/aromatic N) is 2. The first-order valence-corrected chi connectivity index (χ1v) is 7.83. The zero-order valence-electron chi connectivity index (χ0n) is 13.9. The summed E-state index contributed by atoms with van der Waals surface area (Å²) >= 11 is 0. The van der Waals surface area contributed by atoms with Gasteiger partial charge in [-0.2, -0.15) is 5.10 Å². The van der Waals surface area contributed by atoms with E-state index in [9.17, 15) is 18.0 Å². The molecule has 9 heteroatoms. The molecule has 4 rings (SSSR count). The smallest absolute Gasteiger partial charge is 0.276 e. The zero-order chi connectivity index (χ0) is 19.1. The van der Waals surface area contributed by atoms with Gasteiger partial charge in [-0.05, 0) is 36.4 Å². The van der Waals surface area contributed by atoms with Crippen molar-refractivity contribution in [1.29, 1.82) is 0 Å². The average Bonchev–Trinajstić information content (AvgIpc) is 3.27. The van der Waals surface area contributed by atoms with E-state index < -0.39 is 29.0 Å². The van der Waals surface area contributed by atoms with Gasteiger partial charge >= 0.3 is 0 Å². The number of rotatable bonds is 3. The van der Waals surface area contributed by atoms with Crippen LogP contribution in [0.15, 0.2) is 36.4 Å². The number of aromatic nitrogens is 2. The lowest BCUT2D eigenvalue weighted by molar-refractivity contribution is 0.102. The Morgan fingerprint density at radius 1 is 1.07 bits per heavy atom. The predicted molar refractivity (Wildman–Crippen MR) is 89.0 cm³/mol. The minimum absolute atomic E-state index is 0.0192. The van der Waals surface area contributed by atoms with E-state index in [1.165, 1.54) is 10.7 Å². The molecule has 2 aromatic carbocycles. The van der Waals surface area contributed by atoms with Crippen LogP contribution < -0.4 is 14.8 Å². The third kappa shape index (κ3) is 2.97. The van der Waals surface area contributed by atoms with Crippen molar-refractivity contribution in [2.24, 2.45) is 7.05 Å². The van der Waals surface area contributed by atoms with Crippen molar-refractivity contribution in [2.45, 2.75) is 0 Å². The molecule has 0 saturated carbocycles. The summed E-state index contributed by atoms with van der Waals surface area (Å²) in [5.41, 5.74) is 0.833. The third-order valence-corrected chi connectivity index (χ3v) is 4.06. The predicted octanol–water partition coefficient (Wildman–Crippen LogP) is 3.49. The van der Waals surface area contributed by atoms with Gasteiger partial charge in [0.05, 0.1) is 11.4 Å². The SMILES string of the molecule is Cn1nc(C(=O)Nc2ccc(F)c(F)c2F)cc1-c1ccc2c(c1)OCO2. The second-order valence-electron chi connectivity index (χ2n) is 5.78. The summed E-state index contributed by atoms with van der Waals surface area (Å²) in [7, 11) is 1.63. The molecular formula is C18H12F3N3O3. The molecule has 1 aliphatic heterocycles. The van der Waals surface area contributed by atoms with E-state index in [0.29, 0.717) is 17.2 Å². The summed E-state index contributed by atoms with van der Waals surface area (Å²) in [5.74, 6) is -4.04. The molecule has 1 aliphatic rings. The number of ether oxygens (including phenoxy) is 2. The Kier molecular flexibility index (Phi) is 3.98. The normalized spacial score (nSPS) is 12.3. The van der Waals surface area contributed by atoms with Crippen LogP contribution in [-0.4, -0.2) is 22.5 Å². The first-order valence-electron chi connectivity index (χ1n) is 7.83. The standard InChI is InChI=1S/C18H12F3N3O3/c1-24-13(9-2-5-14-15(6-9)27-8-26-14)7-12(23-24)18(25)22-11-4-3-10(19)16(20)17(11)21/h2-7H,8H2,1H3,(H,22,25). The molecule has 0 spiro atoms. The lowest BCUT2D eigenvalue weighted by Gasteiger charge is -2.05. The van der Waals surface area contributed by atoms with Crippen LogP contribution >= 0.6 is 0 Å². The van der Waals surface area contributed by atoms with Crippen LogP contribution in [-0.2, 0) is 7.05 Å². The molecule has 0 fully saturated rings. The molecule has 6 nitrogen and oxygen atoms in total. The van der Waals surface area contributed by atoms with E-state index in [0.717, 1.165) is 17.7 Å². The lowest BCUT2D eigenvalue weighted by Crippen LogP contribution is -2.14. The Morgan fingerprint density at radius 2 is 1.85 bits per heavy atom. The molecule has 2 heterocycles. The molecule has 1 amide bonds. The molecule has 0 bridgehead atoms. The van der Waals surface area contributed by atoms with E-state index in [2.05, 4.69) is 10.4 Å². The van der Waals surface area contributed by atoms with Gasteiger partial charge in [-0.15, -0.1) is 0 Å². The number of aryl methyl sites for hydroxylation is 1. The minimum Gasteiger partial charge on any atom is -0.454 e. The molecule has 1 aromatic heterocycles. The fourth-order valence-electron chi connectivity index (χ4n) is 2.71. The summed E-state index contributed by atoms with van der Waals surface area (Å²) in [4.78, 5) is 12.3. The van der Waals surface area contributed by atoms with Crippen molar-refractivity contribution in [3.05, 3.63) is 59.5 Å². The number of nitrogens with one attached hydrogen (secondary N) is 1. The fourth-order valence-corrected chi connectivity index (χ4v) is 2.71. The molecule has 0 aliphatic carbocycles. The summed E-state index contributed by atoms with van der Waals surface area (Å²) in [5, 5.41) is 6.28. The summed E-state index contributed by atoms with van der Waals surface area (Å²) in [6, 6.07) is 8.42. The highest BCUT2D eigenvalue weighted by Crippen LogP contribution is 2.36. The van der Waals surface area contributed by atoms with E-state index >= 15 is 0 Å². The largest absolute Gasteiger partial charge is 0.454 e. The van der Waals surface area contributed by atoms with Crippen molar-refractivity contribution in [3.8, 4) is 22.8 Å². The van der Waals surface area contributed by atoms with Gasteiger partial charge in [-0.25, -0.2) is 13.2 Å². The second-order valence-corrected chi connectivity index (χ2v) is 5.78. The van der Waals surface area contributed by atoms with Gasteiger partial charge < -0.3 is 14.8 Å². The first-order chi connectivity index (χ1) is 12.9. The Morgan fingerprint density at radius 3 is 2.67 bits per heavy atom. The zero-order valence-corrected chi connectivity index (χ0v) is 13.9. The number of fused-ring (bicyclic) bond motifs is 1. The maximum atomic E-state index is 13.7. The van der Waals surface area contributed by atoms with Gasteiger partial charge in [0, 0.05) is 12.6 Å². The number of benzene rings is 2. The number of amides is 1. The van der Waals surface area contributed by atoms with Crippen molar-refractivity contribution in [3.63, 3.8) is 0 Å². The molecule has 0 radical (unpaired) electrons. The molecule has 1 N–H and O–H groups in total. The summed E-state index contributed by atoms with van der Waals surface area (Å²) < 4.78 is 52.1. The molecule has 0 unspecified atom stereocenters. The van der Waals surface area contributed by atoms with Crippen LogP contribution in [0.4, 0.5) is 18.9 Å². The summed E-state index contributed by atoms with van der Waals surface area (Å²) in [6.07, 6.45) is 0. The number of halogens is 3. The first kappa shape index (κ1) is 17.0. The van der Waals surface area contributed by atoms with E-state index in [1.807, 2.05) is 0 Å². The number of hydrogen-bond acceptors (Lipinski definition) is 4. The molecule has 3 aromatic rings. The van der Waals surface area contributed by atoms with Crippen LogP contribution in [0.1, 0.15) is 10.5 Å². The molecule has 27 heavy (non-hydrogen) atoms. The number of carbonyl (C=O) groups is 1. The van der Waals surface area contributed by atoms with Crippen molar-refractivity contribution in [1.82, 2.24) is 9.78 Å². The Bertz CT molecular complexity index is 1070. The Balaban J connectivity index is 1.61. The van der Waals surface area contributed by atoms with E-state index in [4.69, 9.17) is 9.47 Å². The molecular weight excluding hydrogens is 363 g/mol. The third-order valence-electron chi connectivity index (χ3n) is 4.06. The Hall–Kier alpha value is -3.49. The van der Waals surface area contributed by atoms with Crippen LogP contribution in [0.5, 0.6) is 11.5 Å². The van der Waals surface area contributed by atoms with Crippen molar-refractivity contribution < 1.29 is 27.4 Å². The second kappa shape index (κ2) is 6.35. The van der Waals surface area contributed by atoms with Gasteiger partial charge in [0.1, 0.15) is 0 Å². The molecule has 138 valence electrons. The lowest BCUT2D eigenvalue weighted by atomic mass is 10.1. The van der Waals surface area contributed by atoms with E-state index in [1.54, 1.807) is 25.2 Å². The number of hydrogen-bond donors (Lipinski definition) is 1. The van der Waals surface area contributed by atoms with Gasteiger partial charge in [-0.3, -0.25) is 9.48 Å². The van der Waals surface area contributed by atoms with Gasteiger partial charge in [0.15, 0.2) is 34.6 Å². The monoisotopic (exact) mass is 375 g/mol. The van der Waals surface area contributed by atoms with Crippen LogP contribution in [0.25, 0.3) is 11.3 Å². The highest BCUT2D eigenvalue weighted by atomic mass is 19.2. The van der Waals surface area contributed by atoms with E-state index in [-0.39, 0.29) is 12.5 Å². The summed E-state index contributed by atoms with van der Waals surface area (Å²) in [6.45, 7) is 0.137. The van der Waals surface area contributed by atoms with Crippen LogP contribution in [0.3, 0.4) is 0 Å². The van der Waals surface area contributed by atoms with Crippen molar-refractivity contribution >= 4 is 11.6 Å². The maximum Gasteiger partial charge on any atom is 0.276 e. The quantitative estimate of drug-likeness (QED) is 0.712. The van der Waals surface area contributed by atoms with Crippen molar-refractivity contribution in [2.75, 3.05) is 12.1 Å². The minimum atomic E-state index is -1.66. The van der Waals surface area contributed by atoms with Gasteiger partial charge in [0.25, 0.3) is 5.91 Å². The van der Waals surface area contributed by atoms with Crippen LogP contribution in [0, 0.1) is 17.5 Å². The highest BCUT2D eigenvalue weighted by Gasteiger charge is 2.20. The maximum absolute atomic E-state index is 13.7. The topological polar surface area (TPSA) is 65.4 Å². The highest BCUT2D eigenvalue weighted by molar-refractivity contribution is 6.03. The average molecular weight is 375 g/mol.